The lowest BCUT2D eigenvalue weighted by molar-refractivity contribution is -0.137. The molecular formula is C20H21N5O3. The number of hydrogen-bond donors (Lipinski definition) is 3. The van der Waals surface area contributed by atoms with Crippen molar-refractivity contribution < 1.29 is 14.7 Å². The average molecular weight is 379 g/mol. The van der Waals surface area contributed by atoms with Crippen molar-refractivity contribution >= 4 is 23.2 Å². The molecule has 0 aliphatic carbocycles. The Labute approximate surface area is 163 Å². The third-order valence-electron chi connectivity index (χ3n) is 3.69. The maximum Gasteiger partial charge on any atom is 0.303 e. The van der Waals surface area contributed by atoms with Gasteiger partial charge in [-0.05, 0) is 42.2 Å². The highest BCUT2D eigenvalue weighted by Gasteiger charge is 2.07. The van der Waals surface area contributed by atoms with Gasteiger partial charge in [0.2, 0.25) is 5.96 Å². The van der Waals surface area contributed by atoms with E-state index in [0.29, 0.717) is 18.5 Å². The molecule has 8 heteroatoms. The second-order valence-electron chi connectivity index (χ2n) is 5.70. The largest absolute Gasteiger partial charge is 0.481 e. The van der Waals surface area contributed by atoms with Crippen LogP contribution in [0.2, 0.25) is 0 Å². The fraction of sp³-hybridized carbons (Fsp3) is 0.200. The summed E-state index contributed by atoms with van der Waals surface area (Å²) in [6.07, 6.45) is 8.53. The van der Waals surface area contributed by atoms with Crippen LogP contribution >= 0.6 is 0 Å². The summed E-state index contributed by atoms with van der Waals surface area (Å²) in [5.41, 5.74) is 5.87. The minimum absolute atomic E-state index is 0.118. The predicted octanol–water partition coefficient (Wildman–Crippen LogP) is 2.98. The molecule has 8 nitrogen and oxygen atoms in total. The van der Waals surface area contributed by atoms with Crippen molar-refractivity contribution in [3.05, 3.63) is 66.0 Å². The van der Waals surface area contributed by atoms with Gasteiger partial charge in [0.1, 0.15) is 0 Å². The van der Waals surface area contributed by atoms with Crippen molar-refractivity contribution in [3.8, 4) is 6.19 Å². The van der Waals surface area contributed by atoms with E-state index in [2.05, 4.69) is 20.8 Å². The van der Waals surface area contributed by atoms with Gasteiger partial charge in [-0.25, -0.2) is 10.5 Å². The summed E-state index contributed by atoms with van der Waals surface area (Å²) in [5.74, 6) is -0.647. The lowest BCUT2D eigenvalue weighted by Gasteiger charge is -2.10. The van der Waals surface area contributed by atoms with E-state index in [1.54, 1.807) is 24.7 Å². The number of aromatic nitrogens is 1. The first kappa shape index (κ1) is 20.6. The summed E-state index contributed by atoms with van der Waals surface area (Å²) in [6, 6.07) is 11.3. The summed E-state index contributed by atoms with van der Waals surface area (Å²) in [4.78, 5) is 24.0. The first-order valence-corrected chi connectivity index (χ1v) is 8.59. The first-order chi connectivity index (χ1) is 13.6. The third-order valence-corrected chi connectivity index (χ3v) is 3.69. The molecule has 144 valence electrons. The van der Waals surface area contributed by atoms with Gasteiger partial charge in [0.05, 0.1) is 12.8 Å². The van der Waals surface area contributed by atoms with Gasteiger partial charge in [0, 0.05) is 24.4 Å². The number of nitrogens with one attached hydrogen (secondary N) is 2. The number of unbranched alkanes of at least 4 members (excludes halogenated alkanes) is 1. The number of pyridine rings is 1. The Hall–Kier alpha value is -3.70. The van der Waals surface area contributed by atoms with E-state index in [4.69, 9.17) is 15.2 Å². The zero-order valence-electron chi connectivity index (χ0n) is 15.4. The SMILES string of the molecule is CONC(=Nc1cccc(C(=CCCCC(=O)O)c2cccnc2)c1)NC#N. The minimum atomic E-state index is -0.809. The van der Waals surface area contributed by atoms with Crippen molar-refractivity contribution in [2.75, 3.05) is 7.11 Å². The standard InChI is InChI=1S/C20H21N5O3/c1-28-25-20(23-14-21)24-17-8-4-6-15(12-17)18(9-2-3-10-19(26)27)16-7-5-11-22-13-16/h4-9,11-13H,2-3,10H2,1H3,(H,26,27)(H2,23,24,25). The van der Waals surface area contributed by atoms with E-state index in [9.17, 15) is 4.79 Å². The Morgan fingerprint density at radius 2 is 2.18 bits per heavy atom. The van der Waals surface area contributed by atoms with E-state index >= 15 is 0 Å². The molecule has 2 aromatic rings. The van der Waals surface area contributed by atoms with E-state index in [1.807, 2.05) is 36.4 Å². The Bertz CT molecular complexity index is 888. The molecule has 0 fully saturated rings. The fourth-order valence-corrected chi connectivity index (χ4v) is 2.52. The third kappa shape index (κ3) is 6.55. The highest BCUT2D eigenvalue weighted by atomic mass is 16.6. The highest BCUT2D eigenvalue weighted by molar-refractivity contribution is 5.84. The van der Waals surface area contributed by atoms with Crippen LogP contribution in [0.25, 0.3) is 5.57 Å². The predicted molar refractivity (Wildman–Crippen MR) is 105 cm³/mol. The van der Waals surface area contributed by atoms with Gasteiger partial charge >= 0.3 is 5.97 Å². The Balaban J connectivity index is 2.35. The second-order valence-corrected chi connectivity index (χ2v) is 5.70. The number of rotatable bonds is 8. The van der Waals surface area contributed by atoms with E-state index < -0.39 is 5.97 Å². The number of carbonyl (C=O) groups is 1. The Morgan fingerprint density at radius 1 is 1.36 bits per heavy atom. The summed E-state index contributed by atoms with van der Waals surface area (Å²) in [5, 5.41) is 20.0. The molecule has 0 aliphatic heterocycles. The smallest absolute Gasteiger partial charge is 0.303 e. The van der Waals surface area contributed by atoms with E-state index in [-0.39, 0.29) is 12.4 Å². The van der Waals surface area contributed by atoms with Crippen molar-refractivity contribution in [1.82, 2.24) is 15.8 Å². The van der Waals surface area contributed by atoms with Crippen molar-refractivity contribution in [1.29, 1.82) is 5.26 Å². The molecule has 1 aromatic carbocycles. The number of guanidine groups is 1. The van der Waals surface area contributed by atoms with Crippen LogP contribution in [0, 0.1) is 11.5 Å². The van der Waals surface area contributed by atoms with Crippen LogP contribution in [-0.2, 0) is 9.63 Å². The molecule has 0 aliphatic rings. The van der Waals surface area contributed by atoms with Gasteiger partial charge in [-0.3, -0.25) is 19.9 Å². The van der Waals surface area contributed by atoms with Crippen LogP contribution in [0.3, 0.4) is 0 Å². The number of benzene rings is 1. The quantitative estimate of drug-likeness (QED) is 0.161. The molecule has 0 spiro atoms. The maximum absolute atomic E-state index is 10.7. The molecule has 3 N–H and O–H groups in total. The number of carboxylic acid groups (broad SMARTS) is 1. The molecule has 0 atom stereocenters. The monoisotopic (exact) mass is 379 g/mol. The van der Waals surface area contributed by atoms with E-state index in [1.165, 1.54) is 7.11 Å². The Kier molecular flexibility index (Phi) is 8.17. The van der Waals surface area contributed by atoms with Crippen LogP contribution in [0.15, 0.2) is 59.9 Å². The van der Waals surface area contributed by atoms with Gasteiger partial charge in [-0.2, -0.15) is 5.26 Å². The molecule has 1 aromatic heterocycles. The summed E-state index contributed by atoms with van der Waals surface area (Å²) < 4.78 is 0. The van der Waals surface area contributed by atoms with Gasteiger partial charge in [-0.15, -0.1) is 0 Å². The number of aliphatic carboxylic acids is 1. The summed E-state index contributed by atoms with van der Waals surface area (Å²) in [6.45, 7) is 0. The zero-order valence-corrected chi connectivity index (χ0v) is 15.4. The molecule has 0 bridgehead atoms. The van der Waals surface area contributed by atoms with E-state index in [0.717, 1.165) is 16.7 Å². The van der Waals surface area contributed by atoms with Gasteiger partial charge in [-0.1, -0.05) is 24.3 Å². The molecule has 0 saturated heterocycles. The summed E-state index contributed by atoms with van der Waals surface area (Å²) >= 11 is 0. The molecule has 0 unspecified atom stereocenters. The molecule has 0 saturated carbocycles. The number of allylic oxidation sites excluding steroid dienone is 1. The van der Waals surface area contributed by atoms with Crippen LogP contribution in [0.1, 0.15) is 30.4 Å². The van der Waals surface area contributed by atoms with Crippen molar-refractivity contribution in [3.63, 3.8) is 0 Å². The lowest BCUT2D eigenvalue weighted by Crippen LogP contribution is -2.33. The number of nitrogens with zero attached hydrogens (tertiary/aromatic N) is 3. The van der Waals surface area contributed by atoms with Gasteiger partial charge < -0.3 is 5.11 Å². The molecule has 0 amide bonds. The van der Waals surface area contributed by atoms with Crippen molar-refractivity contribution in [2.24, 2.45) is 4.99 Å². The number of nitriles is 1. The molecule has 0 radical (unpaired) electrons. The number of carboxylic acids is 1. The fourth-order valence-electron chi connectivity index (χ4n) is 2.52. The number of aliphatic imine (C=N–C) groups is 1. The highest BCUT2D eigenvalue weighted by Crippen LogP contribution is 2.27. The number of hydroxylamine groups is 1. The summed E-state index contributed by atoms with van der Waals surface area (Å²) in [7, 11) is 1.42. The second kappa shape index (κ2) is 11.1. The Morgan fingerprint density at radius 3 is 2.86 bits per heavy atom. The molecular weight excluding hydrogens is 358 g/mol. The minimum Gasteiger partial charge on any atom is -0.481 e. The molecule has 1 heterocycles. The maximum atomic E-state index is 10.7. The van der Waals surface area contributed by atoms with Crippen molar-refractivity contribution in [2.45, 2.75) is 19.3 Å². The lowest BCUT2D eigenvalue weighted by atomic mass is 9.97. The zero-order chi connectivity index (χ0) is 20.2. The topological polar surface area (TPSA) is 120 Å². The molecule has 2 rings (SSSR count). The van der Waals surface area contributed by atoms with Crippen LogP contribution < -0.4 is 10.8 Å². The molecule has 28 heavy (non-hydrogen) atoms. The first-order valence-electron chi connectivity index (χ1n) is 8.59. The number of hydrogen-bond acceptors (Lipinski definition) is 5. The van der Waals surface area contributed by atoms with Gasteiger partial charge in [0.15, 0.2) is 6.19 Å². The van der Waals surface area contributed by atoms with Crippen LogP contribution in [-0.4, -0.2) is 29.1 Å². The average Bonchev–Trinajstić information content (AvgIpc) is 2.69. The van der Waals surface area contributed by atoms with Crippen LogP contribution in [0.4, 0.5) is 5.69 Å². The normalized spacial score (nSPS) is 11.6. The van der Waals surface area contributed by atoms with Gasteiger partial charge in [0.25, 0.3) is 0 Å². The van der Waals surface area contributed by atoms with Crippen LogP contribution in [0.5, 0.6) is 0 Å².